The van der Waals surface area contributed by atoms with Crippen molar-refractivity contribution in [2.45, 2.75) is 45.1 Å². The quantitative estimate of drug-likeness (QED) is 0.898. The van der Waals surface area contributed by atoms with Gasteiger partial charge in [-0.1, -0.05) is 19.3 Å². The van der Waals surface area contributed by atoms with Crippen molar-refractivity contribution in [3.8, 4) is 0 Å². The zero-order valence-corrected chi connectivity index (χ0v) is 12.3. The molecule has 5 nitrogen and oxygen atoms in total. The van der Waals surface area contributed by atoms with Crippen LogP contribution in [0, 0.1) is 5.92 Å². The maximum absolute atomic E-state index is 4.62. The van der Waals surface area contributed by atoms with E-state index in [0.717, 1.165) is 23.2 Å². The van der Waals surface area contributed by atoms with Crippen molar-refractivity contribution in [2.75, 3.05) is 17.7 Å². The fourth-order valence-electron chi connectivity index (χ4n) is 3.12. The number of imidazole rings is 1. The highest BCUT2D eigenvalue weighted by molar-refractivity contribution is 5.65. The lowest BCUT2D eigenvalue weighted by Gasteiger charge is -2.28. The van der Waals surface area contributed by atoms with Gasteiger partial charge in [0.05, 0.1) is 6.20 Å². The Labute approximate surface area is 119 Å². The molecule has 0 aromatic carbocycles. The molecule has 0 amide bonds. The molecule has 0 radical (unpaired) electrons. The van der Waals surface area contributed by atoms with Gasteiger partial charge >= 0.3 is 0 Å². The average molecular weight is 273 g/mol. The van der Waals surface area contributed by atoms with Gasteiger partial charge in [0.2, 0.25) is 0 Å². The summed E-state index contributed by atoms with van der Waals surface area (Å²) < 4.78 is 2.01. The molecule has 2 N–H and O–H groups in total. The molecule has 3 rings (SSSR count). The van der Waals surface area contributed by atoms with Crippen LogP contribution in [-0.4, -0.2) is 27.5 Å². The number of nitrogens with zero attached hydrogens (tertiary/aromatic N) is 3. The van der Waals surface area contributed by atoms with Crippen LogP contribution < -0.4 is 10.6 Å². The van der Waals surface area contributed by atoms with Crippen molar-refractivity contribution in [1.29, 1.82) is 0 Å². The Morgan fingerprint density at radius 2 is 2.10 bits per heavy atom. The lowest BCUT2D eigenvalue weighted by molar-refractivity contribution is 0.328. The molecule has 0 bridgehead atoms. The molecule has 1 saturated carbocycles. The molecule has 20 heavy (non-hydrogen) atoms. The van der Waals surface area contributed by atoms with Crippen LogP contribution in [0.2, 0.25) is 0 Å². The van der Waals surface area contributed by atoms with Gasteiger partial charge in [-0.15, -0.1) is 0 Å². The van der Waals surface area contributed by atoms with Crippen LogP contribution in [0.1, 0.15) is 39.0 Å². The molecule has 108 valence electrons. The third-order valence-electron chi connectivity index (χ3n) is 4.35. The molecule has 2 aromatic rings. The van der Waals surface area contributed by atoms with E-state index in [9.17, 15) is 0 Å². The smallest absolute Gasteiger partial charge is 0.180 e. The van der Waals surface area contributed by atoms with E-state index in [4.69, 9.17) is 0 Å². The van der Waals surface area contributed by atoms with Gasteiger partial charge in [0, 0.05) is 25.5 Å². The summed E-state index contributed by atoms with van der Waals surface area (Å²) >= 11 is 0. The van der Waals surface area contributed by atoms with E-state index < -0.39 is 0 Å². The van der Waals surface area contributed by atoms with Gasteiger partial charge in [-0.05, 0) is 25.7 Å². The van der Waals surface area contributed by atoms with Crippen LogP contribution in [0.4, 0.5) is 11.6 Å². The Kier molecular flexibility index (Phi) is 3.76. The lowest BCUT2D eigenvalue weighted by Crippen LogP contribution is -2.28. The van der Waals surface area contributed by atoms with E-state index in [-0.39, 0.29) is 0 Å². The monoisotopic (exact) mass is 273 g/mol. The number of nitrogens with one attached hydrogen (secondary N) is 2. The van der Waals surface area contributed by atoms with Crippen LogP contribution in [0.3, 0.4) is 0 Å². The molecule has 0 saturated heterocycles. The summed E-state index contributed by atoms with van der Waals surface area (Å²) in [6.45, 7) is 2.27. The first kappa shape index (κ1) is 13.2. The summed E-state index contributed by atoms with van der Waals surface area (Å²) in [7, 11) is 1.89. The van der Waals surface area contributed by atoms with E-state index >= 15 is 0 Å². The highest BCUT2D eigenvalue weighted by atomic mass is 15.1. The highest BCUT2D eigenvalue weighted by Crippen LogP contribution is 2.28. The van der Waals surface area contributed by atoms with Crippen molar-refractivity contribution in [3.05, 3.63) is 18.6 Å². The third-order valence-corrected chi connectivity index (χ3v) is 4.35. The summed E-state index contributed by atoms with van der Waals surface area (Å²) in [5.74, 6) is 2.48. The number of anilines is 2. The van der Waals surface area contributed by atoms with E-state index in [1.807, 2.05) is 30.0 Å². The Balaban J connectivity index is 1.83. The van der Waals surface area contributed by atoms with Crippen LogP contribution in [0.15, 0.2) is 18.6 Å². The minimum absolute atomic E-state index is 0.440. The number of rotatable bonds is 4. The van der Waals surface area contributed by atoms with Gasteiger partial charge in [0.25, 0.3) is 0 Å². The number of aromatic nitrogens is 3. The van der Waals surface area contributed by atoms with E-state index in [1.54, 1.807) is 0 Å². The molecule has 1 aliphatic rings. The van der Waals surface area contributed by atoms with Gasteiger partial charge < -0.3 is 15.0 Å². The van der Waals surface area contributed by atoms with Gasteiger partial charge in [-0.25, -0.2) is 9.97 Å². The molecule has 2 aromatic heterocycles. The van der Waals surface area contributed by atoms with Crippen LogP contribution in [0.5, 0.6) is 0 Å². The van der Waals surface area contributed by atoms with Crippen molar-refractivity contribution >= 4 is 17.3 Å². The summed E-state index contributed by atoms with van der Waals surface area (Å²) in [5, 5.41) is 6.68. The number of hydrogen-bond donors (Lipinski definition) is 2. The van der Waals surface area contributed by atoms with Gasteiger partial charge in [-0.2, -0.15) is 0 Å². The minimum Gasteiger partial charge on any atom is -0.372 e. The SMILES string of the molecule is CNc1cn2ccnc2c(NC(C)C2CCCCC2)n1. The topological polar surface area (TPSA) is 54.2 Å². The summed E-state index contributed by atoms with van der Waals surface area (Å²) in [5.41, 5.74) is 0.895. The molecule has 1 aliphatic carbocycles. The van der Waals surface area contributed by atoms with E-state index in [0.29, 0.717) is 6.04 Å². The van der Waals surface area contributed by atoms with Crippen LogP contribution in [-0.2, 0) is 0 Å². The van der Waals surface area contributed by atoms with Crippen molar-refractivity contribution in [3.63, 3.8) is 0 Å². The molecule has 5 heteroatoms. The predicted octanol–water partition coefficient (Wildman–Crippen LogP) is 3.15. The second kappa shape index (κ2) is 5.69. The zero-order valence-electron chi connectivity index (χ0n) is 12.3. The first-order valence-corrected chi connectivity index (χ1v) is 7.56. The Morgan fingerprint density at radius 3 is 2.85 bits per heavy atom. The molecular weight excluding hydrogens is 250 g/mol. The van der Waals surface area contributed by atoms with Gasteiger partial charge in [-0.3, -0.25) is 0 Å². The molecule has 0 spiro atoms. The molecule has 1 unspecified atom stereocenters. The minimum atomic E-state index is 0.440. The normalized spacial score (nSPS) is 18.1. The van der Waals surface area contributed by atoms with Crippen molar-refractivity contribution < 1.29 is 0 Å². The van der Waals surface area contributed by atoms with E-state index in [1.165, 1.54) is 32.1 Å². The van der Waals surface area contributed by atoms with Gasteiger partial charge in [0.1, 0.15) is 5.82 Å². The van der Waals surface area contributed by atoms with Crippen LogP contribution >= 0.6 is 0 Å². The summed E-state index contributed by atoms with van der Waals surface area (Å²) in [6, 6.07) is 0.440. The van der Waals surface area contributed by atoms with Crippen LogP contribution in [0.25, 0.3) is 5.65 Å². The maximum atomic E-state index is 4.62. The highest BCUT2D eigenvalue weighted by Gasteiger charge is 2.21. The zero-order chi connectivity index (χ0) is 13.9. The number of fused-ring (bicyclic) bond motifs is 1. The first-order valence-electron chi connectivity index (χ1n) is 7.56. The maximum Gasteiger partial charge on any atom is 0.180 e. The Bertz CT molecular complexity index is 571. The molecule has 0 aliphatic heterocycles. The second-order valence-corrected chi connectivity index (χ2v) is 5.71. The fraction of sp³-hybridized carbons (Fsp3) is 0.600. The molecular formula is C15H23N5. The van der Waals surface area contributed by atoms with Crippen molar-refractivity contribution in [2.24, 2.45) is 5.92 Å². The lowest BCUT2D eigenvalue weighted by atomic mass is 9.84. The molecule has 2 heterocycles. The Morgan fingerprint density at radius 1 is 1.30 bits per heavy atom. The third kappa shape index (κ3) is 2.57. The summed E-state index contributed by atoms with van der Waals surface area (Å²) in [6.07, 6.45) is 12.5. The standard InChI is InChI=1S/C15H23N5/c1-11(12-6-4-3-5-7-12)18-14-15-17-8-9-20(15)10-13(16-2)19-14/h8-12,16H,3-7H2,1-2H3,(H,18,19). The second-order valence-electron chi connectivity index (χ2n) is 5.71. The predicted molar refractivity (Wildman–Crippen MR) is 82.2 cm³/mol. The number of hydrogen-bond acceptors (Lipinski definition) is 4. The largest absolute Gasteiger partial charge is 0.372 e. The molecule has 1 fully saturated rings. The first-order chi connectivity index (χ1) is 9.78. The summed E-state index contributed by atoms with van der Waals surface area (Å²) in [4.78, 5) is 9.02. The fourth-order valence-corrected chi connectivity index (χ4v) is 3.12. The molecule has 1 atom stereocenters. The van der Waals surface area contributed by atoms with E-state index in [2.05, 4.69) is 27.5 Å². The average Bonchev–Trinajstić information content (AvgIpc) is 2.96. The van der Waals surface area contributed by atoms with Gasteiger partial charge in [0.15, 0.2) is 11.5 Å². The Hall–Kier alpha value is -1.78. The van der Waals surface area contributed by atoms with Crippen molar-refractivity contribution in [1.82, 2.24) is 14.4 Å².